The number of hydrogen-bond donors (Lipinski definition) is 2. The van der Waals surface area contributed by atoms with Gasteiger partial charge in [-0.05, 0) is 38.0 Å². The van der Waals surface area contributed by atoms with E-state index in [1.165, 1.54) is 26.0 Å². The van der Waals surface area contributed by atoms with Crippen LogP contribution in [0, 0.1) is 13.8 Å². The van der Waals surface area contributed by atoms with Crippen LogP contribution in [-0.4, -0.2) is 22.2 Å². The fourth-order valence-electron chi connectivity index (χ4n) is 1.41. The minimum absolute atomic E-state index is 0.0352. The molecule has 0 aliphatic heterocycles. The van der Waals surface area contributed by atoms with Gasteiger partial charge < -0.3 is 10.2 Å². The summed E-state index contributed by atoms with van der Waals surface area (Å²) in [7, 11) is 0. The van der Waals surface area contributed by atoms with Crippen LogP contribution in [-0.2, 0) is 5.11 Å². The lowest BCUT2D eigenvalue weighted by Gasteiger charge is -2.07. The van der Waals surface area contributed by atoms with Crippen LogP contribution in [0.3, 0.4) is 0 Å². The van der Waals surface area contributed by atoms with E-state index < -0.39 is 11.9 Å². The lowest BCUT2D eigenvalue weighted by molar-refractivity contribution is 0.0695. The molecule has 1 radical (unpaired) electrons. The van der Waals surface area contributed by atoms with Crippen molar-refractivity contribution in [1.82, 2.24) is 0 Å². The van der Waals surface area contributed by atoms with Crippen LogP contribution in [0.25, 0.3) is 0 Å². The number of carbonyl (C=O) groups is 2. The van der Waals surface area contributed by atoms with Gasteiger partial charge in [0, 0.05) is 0 Å². The molecule has 0 fully saturated rings. The molecule has 0 unspecified atom stereocenters. The van der Waals surface area contributed by atoms with E-state index in [9.17, 15) is 14.7 Å². The van der Waals surface area contributed by atoms with Gasteiger partial charge in [-0.3, -0.25) is 5.11 Å². The molecule has 0 atom stereocenters. The molecule has 0 spiro atoms. The molecule has 97 valence electrons. The molecular formula is C13H15O5. The van der Waals surface area contributed by atoms with Gasteiger partial charge in [-0.1, -0.05) is 12.6 Å². The topological polar surface area (TPSA) is 94.5 Å². The van der Waals surface area contributed by atoms with Gasteiger partial charge in [0.05, 0.1) is 11.1 Å². The zero-order chi connectivity index (χ0) is 14.5. The summed E-state index contributed by atoms with van der Waals surface area (Å²) in [5.41, 5.74) is 0.975. The maximum Gasteiger partial charge on any atom is 0.336 e. The third-order valence-corrected chi connectivity index (χ3v) is 2.12. The third-order valence-electron chi connectivity index (χ3n) is 2.12. The van der Waals surface area contributed by atoms with E-state index in [-0.39, 0.29) is 16.9 Å². The summed E-state index contributed by atoms with van der Waals surface area (Å²) in [6.45, 7) is 7.56. The molecule has 18 heavy (non-hydrogen) atoms. The highest BCUT2D eigenvalue weighted by Crippen LogP contribution is 2.18. The molecule has 0 heterocycles. The zero-order valence-corrected chi connectivity index (χ0v) is 10.5. The zero-order valence-electron chi connectivity index (χ0n) is 10.5. The van der Waals surface area contributed by atoms with Gasteiger partial charge in [-0.25, -0.2) is 9.59 Å². The van der Waals surface area contributed by atoms with Crippen LogP contribution in [0.5, 0.6) is 0 Å². The quantitative estimate of drug-likeness (QED) is 0.790. The SMILES string of the molecule is C=C(C)[O].Cc1ccc(C(=O)O)c(C)c1C(=O)O. The number of aryl methyl sites for hydroxylation is 1. The Kier molecular flexibility index (Phi) is 5.62. The Bertz CT molecular complexity index is 484. The molecule has 1 rings (SSSR count). The van der Waals surface area contributed by atoms with Crippen LogP contribution in [0.4, 0.5) is 0 Å². The minimum Gasteiger partial charge on any atom is -0.478 e. The number of allylic oxidation sites excluding steroid dienone is 1. The van der Waals surface area contributed by atoms with Gasteiger partial charge in [0.1, 0.15) is 5.76 Å². The lowest BCUT2D eigenvalue weighted by Crippen LogP contribution is -2.08. The Morgan fingerprint density at radius 1 is 1.11 bits per heavy atom. The van der Waals surface area contributed by atoms with Crippen molar-refractivity contribution in [3.8, 4) is 0 Å². The summed E-state index contributed by atoms with van der Waals surface area (Å²) in [5.74, 6) is -2.28. The second-order valence-electron chi connectivity index (χ2n) is 3.74. The van der Waals surface area contributed by atoms with Gasteiger partial charge >= 0.3 is 11.9 Å². The molecule has 5 nitrogen and oxygen atoms in total. The number of carboxylic acids is 2. The van der Waals surface area contributed by atoms with E-state index in [1.807, 2.05) is 0 Å². The molecule has 0 amide bonds. The number of benzene rings is 1. The van der Waals surface area contributed by atoms with Gasteiger partial charge in [-0.2, -0.15) is 0 Å². The predicted octanol–water partition coefficient (Wildman–Crippen LogP) is 2.65. The lowest BCUT2D eigenvalue weighted by atomic mass is 9.98. The van der Waals surface area contributed by atoms with Crippen molar-refractivity contribution in [3.05, 3.63) is 46.7 Å². The van der Waals surface area contributed by atoms with Gasteiger partial charge in [0.15, 0.2) is 0 Å². The Hall–Kier alpha value is -2.30. The Labute approximate surface area is 105 Å². The molecule has 0 saturated carbocycles. The number of aromatic carboxylic acids is 2. The van der Waals surface area contributed by atoms with Crippen molar-refractivity contribution in [2.24, 2.45) is 0 Å². The average Bonchev–Trinajstić information content (AvgIpc) is 2.14. The molecule has 5 heteroatoms. The summed E-state index contributed by atoms with van der Waals surface area (Å²) in [6, 6.07) is 2.92. The van der Waals surface area contributed by atoms with E-state index >= 15 is 0 Å². The van der Waals surface area contributed by atoms with E-state index in [4.69, 9.17) is 10.2 Å². The fourth-order valence-corrected chi connectivity index (χ4v) is 1.41. The second kappa shape index (κ2) is 6.44. The van der Waals surface area contributed by atoms with E-state index in [0.29, 0.717) is 11.1 Å². The highest BCUT2D eigenvalue weighted by Gasteiger charge is 2.16. The van der Waals surface area contributed by atoms with E-state index in [0.717, 1.165) is 0 Å². The maximum absolute atomic E-state index is 10.8. The fraction of sp³-hybridized carbons (Fsp3) is 0.231. The number of hydrogen-bond acceptors (Lipinski definition) is 2. The van der Waals surface area contributed by atoms with E-state index in [2.05, 4.69) is 6.58 Å². The first kappa shape index (κ1) is 15.7. The molecular weight excluding hydrogens is 236 g/mol. The summed E-state index contributed by atoms with van der Waals surface area (Å²) in [5, 5.41) is 27.0. The first-order chi connectivity index (χ1) is 8.18. The van der Waals surface area contributed by atoms with Crippen LogP contribution in [0.15, 0.2) is 24.5 Å². The smallest absolute Gasteiger partial charge is 0.336 e. The average molecular weight is 251 g/mol. The highest BCUT2D eigenvalue weighted by atomic mass is 16.4. The van der Waals surface area contributed by atoms with E-state index in [1.54, 1.807) is 6.92 Å². The van der Waals surface area contributed by atoms with Crippen molar-refractivity contribution in [3.63, 3.8) is 0 Å². The Morgan fingerprint density at radius 3 is 1.89 bits per heavy atom. The van der Waals surface area contributed by atoms with Crippen molar-refractivity contribution in [2.45, 2.75) is 20.8 Å². The maximum atomic E-state index is 10.8. The molecule has 0 aliphatic rings. The normalized spacial score (nSPS) is 9.06. The number of carboxylic acid groups (broad SMARTS) is 2. The monoisotopic (exact) mass is 251 g/mol. The third kappa shape index (κ3) is 4.29. The van der Waals surface area contributed by atoms with Gasteiger partial charge in [-0.15, -0.1) is 0 Å². The molecule has 1 aromatic rings. The van der Waals surface area contributed by atoms with Crippen LogP contribution >= 0.6 is 0 Å². The first-order valence-corrected chi connectivity index (χ1v) is 5.07. The highest BCUT2D eigenvalue weighted by molar-refractivity contribution is 5.97. The predicted molar refractivity (Wildman–Crippen MR) is 65.3 cm³/mol. The van der Waals surface area contributed by atoms with Crippen LogP contribution < -0.4 is 0 Å². The largest absolute Gasteiger partial charge is 0.478 e. The second-order valence-corrected chi connectivity index (χ2v) is 3.74. The van der Waals surface area contributed by atoms with Crippen molar-refractivity contribution in [2.75, 3.05) is 0 Å². The molecule has 1 aromatic carbocycles. The Morgan fingerprint density at radius 2 is 1.56 bits per heavy atom. The minimum atomic E-state index is -1.11. The number of rotatable bonds is 2. The molecule has 0 aromatic heterocycles. The van der Waals surface area contributed by atoms with Gasteiger partial charge in [0.25, 0.3) is 0 Å². The summed E-state index contributed by atoms with van der Waals surface area (Å²) >= 11 is 0. The van der Waals surface area contributed by atoms with Crippen molar-refractivity contribution >= 4 is 11.9 Å². The molecule has 0 bridgehead atoms. The molecule has 2 N–H and O–H groups in total. The molecule has 0 saturated heterocycles. The van der Waals surface area contributed by atoms with Gasteiger partial charge in [0.2, 0.25) is 0 Å². The first-order valence-electron chi connectivity index (χ1n) is 5.07. The van der Waals surface area contributed by atoms with Crippen molar-refractivity contribution < 1.29 is 24.9 Å². The van der Waals surface area contributed by atoms with Crippen molar-refractivity contribution in [1.29, 1.82) is 0 Å². The summed E-state index contributed by atoms with van der Waals surface area (Å²) in [4.78, 5) is 21.5. The van der Waals surface area contributed by atoms with Crippen LogP contribution in [0.2, 0.25) is 0 Å². The standard InChI is InChI=1S/C10H10O4.C3H5O/c1-5-3-4-7(9(11)12)6(2)8(5)10(13)14;1-3(2)4/h3-4H,1-2H3,(H,11,12)(H,13,14);1H2,2H3. The molecule has 0 aliphatic carbocycles. The van der Waals surface area contributed by atoms with Crippen LogP contribution in [0.1, 0.15) is 38.8 Å². The summed E-state index contributed by atoms with van der Waals surface area (Å²) < 4.78 is 0. The summed E-state index contributed by atoms with van der Waals surface area (Å²) in [6.07, 6.45) is 0. The Balaban J connectivity index is 0.000000631.